The lowest BCUT2D eigenvalue weighted by atomic mass is 9.97. The van der Waals surface area contributed by atoms with E-state index in [0.29, 0.717) is 6.04 Å². The lowest BCUT2D eigenvalue weighted by Gasteiger charge is -2.25. The van der Waals surface area contributed by atoms with Crippen molar-refractivity contribution in [2.45, 2.75) is 25.3 Å². The van der Waals surface area contributed by atoms with E-state index in [2.05, 4.69) is 22.3 Å². The molecule has 1 heterocycles. The van der Waals surface area contributed by atoms with Gasteiger partial charge in [0.15, 0.2) is 0 Å². The largest absolute Gasteiger partial charge is 0.378 e. The summed E-state index contributed by atoms with van der Waals surface area (Å²) < 4.78 is 0. The van der Waals surface area contributed by atoms with E-state index < -0.39 is 0 Å². The van der Waals surface area contributed by atoms with Gasteiger partial charge in [-0.2, -0.15) is 0 Å². The van der Waals surface area contributed by atoms with Gasteiger partial charge in [0.2, 0.25) is 0 Å². The van der Waals surface area contributed by atoms with E-state index in [4.69, 9.17) is 11.6 Å². The summed E-state index contributed by atoms with van der Waals surface area (Å²) in [5.74, 6) is 0. The van der Waals surface area contributed by atoms with Crippen LogP contribution in [0.2, 0.25) is 5.02 Å². The summed E-state index contributed by atoms with van der Waals surface area (Å²) >= 11 is 6.34. The fourth-order valence-electron chi connectivity index (χ4n) is 2.19. The SMILES string of the molecule is CN(C)c1ccc([C@H]2CCCCN2)c(Cl)c1. The third-order valence-corrected chi connectivity index (χ3v) is 3.51. The molecule has 0 unspecified atom stereocenters. The Bertz CT molecular complexity index is 357. The number of hydrogen-bond donors (Lipinski definition) is 1. The van der Waals surface area contributed by atoms with Crippen molar-refractivity contribution < 1.29 is 0 Å². The molecule has 1 saturated heterocycles. The molecule has 2 nitrogen and oxygen atoms in total. The number of nitrogens with one attached hydrogen (secondary N) is 1. The molecule has 2 rings (SSSR count). The first-order valence-electron chi connectivity index (χ1n) is 5.88. The van der Waals surface area contributed by atoms with Crippen LogP contribution in [0, 0.1) is 0 Å². The lowest BCUT2D eigenvalue weighted by molar-refractivity contribution is 0.412. The van der Waals surface area contributed by atoms with Gasteiger partial charge in [-0.1, -0.05) is 24.1 Å². The quantitative estimate of drug-likeness (QED) is 0.851. The normalized spacial score (nSPS) is 20.8. The molecule has 0 saturated carbocycles. The van der Waals surface area contributed by atoms with Gasteiger partial charge in [0.1, 0.15) is 0 Å². The molecule has 1 aliphatic heterocycles. The monoisotopic (exact) mass is 238 g/mol. The molecule has 1 aromatic carbocycles. The standard InChI is InChI=1S/C13H19ClN2/c1-16(2)10-6-7-11(12(14)9-10)13-5-3-4-8-15-13/h6-7,9,13,15H,3-5,8H2,1-2H3/t13-/m1/s1. The average Bonchev–Trinajstić information content (AvgIpc) is 2.30. The first-order chi connectivity index (χ1) is 7.68. The van der Waals surface area contributed by atoms with Gasteiger partial charge >= 0.3 is 0 Å². The van der Waals surface area contributed by atoms with Gasteiger partial charge in [0, 0.05) is 30.8 Å². The number of rotatable bonds is 2. The van der Waals surface area contributed by atoms with Gasteiger partial charge in [-0.3, -0.25) is 0 Å². The van der Waals surface area contributed by atoms with E-state index >= 15 is 0 Å². The number of halogens is 1. The Kier molecular flexibility index (Phi) is 3.72. The number of benzene rings is 1. The van der Waals surface area contributed by atoms with Gasteiger partial charge in [0.05, 0.1) is 0 Å². The Morgan fingerprint density at radius 1 is 1.31 bits per heavy atom. The van der Waals surface area contributed by atoms with Crippen LogP contribution in [0.25, 0.3) is 0 Å². The second kappa shape index (κ2) is 5.07. The molecule has 0 radical (unpaired) electrons. The molecule has 0 aromatic heterocycles. The van der Waals surface area contributed by atoms with E-state index in [1.54, 1.807) is 0 Å². The predicted molar refractivity (Wildman–Crippen MR) is 70.4 cm³/mol. The molecule has 0 amide bonds. The van der Waals surface area contributed by atoms with Crippen molar-refractivity contribution in [1.82, 2.24) is 5.32 Å². The Morgan fingerprint density at radius 3 is 2.69 bits per heavy atom. The highest BCUT2D eigenvalue weighted by atomic mass is 35.5. The van der Waals surface area contributed by atoms with Crippen LogP contribution in [0.1, 0.15) is 30.9 Å². The Morgan fingerprint density at radius 2 is 2.12 bits per heavy atom. The minimum Gasteiger partial charge on any atom is -0.378 e. The summed E-state index contributed by atoms with van der Waals surface area (Å²) in [6.45, 7) is 1.11. The maximum absolute atomic E-state index is 6.34. The molecular weight excluding hydrogens is 220 g/mol. The summed E-state index contributed by atoms with van der Waals surface area (Å²) in [5.41, 5.74) is 2.40. The topological polar surface area (TPSA) is 15.3 Å². The van der Waals surface area contributed by atoms with Crippen LogP contribution >= 0.6 is 11.6 Å². The van der Waals surface area contributed by atoms with Crippen LogP contribution in [0.15, 0.2) is 18.2 Å². The van der Waals surface area contributed by atoms with Gasteiger partial charge in [-0.25, -0.2) is 0 Å². The first-order valence-corrected chi connectivity index (χ1v) is 6.26. The third-order valence-electron chi connectivity index (χ3n) is 3.19. The third kappa shape index (κ3) is 2.50. The van der Waals surface area contributed by atoms with Crippen LogP contribution in [-0.4, -0.2) is 20.6 Å². The van der Waals surface area contributed by atoms with Gasteiger partial charge < -0.3 is 10.2 Å². The van der Waals surface area contributed by atoms with Crippen molar-refractivity contribution in [3.8, 4) is 0 Å². The predicted octanol–water partition coefficient (Wildman–Crippen LogP) is 3.22. The summed E-state index contributed by atoms with van der Waals surface area (Å²) in [6.07, 6.45) is 3.77. The second-order valence-electron chi connectivity index (χ2n) is 4.60. The zero-order valence-electron chi connectivity index (χ0n) is 9.96. The lowest BCUT2D eigenvalue weighted by Crippen LogP contribution is -2.27. The Balaban J connectivity index is 2.21. The van der Waals surface area contributed by atoms with Crippen molar-refractivity contribution in [2.75, 3.05) is 25.5 Å². The van der Waals surface area contributed by atoms with E-state index in [1.165, 1.54) is 24.8 Å². The number of nitrogens with zero attached hydrogens (tertiary/aromatic N) is 1. The molecule has 1 aromatic rings. The Hall–Kier alpha value is -0.730. The molecule has 1 aliphatic rings. The zero-order chi connectivity index (χ0) is 11.5. The van der Waals surface area contributed by atoms with Gasteiger partial charge in [0.25, 0.3) is 0 Å². The maximum atomic E-state index is 6.34. The fourth-order valence-corrected chi connectivity index (χ4v) is 2.50. The highest BCUT2D eigenvalue weighted by molar-refractivity contribution is 6.31. The maximum Gasteiger partial charge on any atom is 0.0474 e. The second-order valence-corrected chi connectivity index (χ2v) is 5.01. The fraction of sp³-hybridized carbons (Fsp3) is 0.538. The molecule has 0 bridgehead atoms. The number of hydrogen-bond acceptors (Lipinski definition) is 2. The molecule has 1 N–H and O–H groups in total. The highest BCUT2D eigenvalue weighted by Gasteiger charge is 2.17. The van der Waals surface area contributed by atoms with Crippen LogP contribution in [0.5, 0.6) is 0 Å². The van der Waals surface area contributed by atoms with E-state index in [-0.39, 0.29) is 0 Å². The van der Waals surface area contributed by atoms with Gasteiger partial charge in [-0.05, 0) is 37.1 Å². The summed E-state index contributed by atoms with van der Waals surface area (Å²) in [6, 6.07) is 6.78. The molecule has 88 valence electrons. The number of piperidine rings is 1. The summed E-state index contributed by atoms with van der Waals surface area (Å²) in [4.78, 5) is 2.07. The molecule has 1 atom stereocenters. The number of anilines is 1. The molecule has 0 aliphatic carbocycles. The van der Waals surface area contributed by atoms with Crippen molar-refractivity contribution in [3.63, 3.8) is 0 Å². The molecule has 16 heavy (non-hydrogen) atoms. The van der Waals surface area contributed by atoms with Crippen LogP contribution < -0.4 is 10.2 Å². The average molecular weight is 239 g/mol. The van der Waals surface area contributed by atoms with Crippen molar-refractivity contribution in [2.24, 2.45) is 0 Å². The first kappa shape index (κ1) is 11.7. The Labute approximate surface area is 103 Å². The van der Waals surface area contributed by atoms with E-state index in [1.807, 2.05) is 20.2 Å². The van der Waals surface area contributed by atoms with Crippen LogP contribution in [-0.2, 0) is 0 Å². The van der Waals surface area contributed by atoms with Crippen molar-refractivity contribution >= 4 is 17.3 Å². The smallest absolute Gasteiger partial charge is 0.0474 e. The minimum absolute atomic E-state index is 0.442. The molecule has 1 fully saturated rings. The molecular formula is C13H19ClN2. The van der Waals surface area contributed by atoms with Crippen LogP contribution in [0.4, 0.5) is 5.69 Å². The van der Waals surface area contributed by atoms with E-state index in [9.17, 15) is 0 Å². The highest BCUT2D eigenvalue weighted by Crippen LogP contribution is 2.31. The van der Waals surface area contributed by atoms with Gasteiger partial charge in [-0.15, -0.1) is 0 Å². The summed E-state index contributed by atoms with van der Waals surface area (Å²) in [7, 11) is 4.06. The zero-order valence-corrected chi connectivity index (χ0v) is 10.7. The summed E-state index contributed by atoms with van der Waals surface area (Å²) in [5, 5.41) is 4.41. The minimum atomic E-state index is 0.442. The van der Waals surface area contributed by atoms with E-state index in [0.717, 1.165) is 17.3 Å². The molecule has 3 heteroatoms. The van der Waals surface area contributed by atoms with Crippen molar-refractivity contribution in [3.05, 3.63) is 28.8 Å². The molecule has 0 spiro atoms. The van der Waals surface area contributed by atoms with Crippen LogP contribution in [0.3, 0.4) is 0 Å². The van der Waals surface area contributed by atoms with Crippen molar-refractivity contribution in [1.29, 1.82) is 0 Å².